The van der Waals surface area contributed by atoms with Crippen LogP contribution in [0.2, 0.25) is 0 Å². The van der Waals surface area contributed by atoms with E-state index in [1.54, 1.807) is 0 Å². The van der Waals surface area contributed by atoms with E-state index in [4.69, 9.17) is 0 Å². The molecule has 0 aliphatic carbocycles. The molecule has 0 spiro atoms. The van der Waals surface area contributed by atoms with E-state index in [2.05, 4.69) is 5.32 Å². The zero-order chi connectivity index (χ0) is 8.43. The van der Waals surface area contributed by atoms with Crippen molar-refractivity contribution >= 4 is 6.09 Å². The van der Waals surface area contributed by atoms with Gasteiger partial charge in [-0.25, -0.2) is 0 Å². The molecule has 0 aromatic carbocycles. The number of carbonyl (C=O) groups excluding carboxylic acids is 1. The molecule has 1 aliphatic rings. The van der Waals surface area contributed by atoms with E-state index >= 15 is 0 Å². The van der Waals surface area contributed by atoms with Gasteiger partial charge < -0.3 is 20.1 Å². The van der Waals surface area contributed by atoms with Crippen LogP contribution in [0.3, 0.4) is 0 Å². The van der Waals surface area contributed by atoms with E-state index in [-0.39, 0.29) is 12.1 Å². The molecule has 64 valence electrons. The highest BCUT2D eigenvalue weighted by Crippen LogP contribution is 2.02. The summed E-state index contributed by atoms with van der Waals surface area (Å²) in [6.45, 7) is 5.00. The van der Waals surface area contributed by atoms with E-state index in [0.717, 1.165) is 0 Å². The summed E-state index contributed by atoms with van der Waals surface area (Å²) in [6, 6.07) is 0.466. The van der Waals surface area contributed by atoms with Gasteiger partial charge in [0.05, 0.1) is 0 Å². The van der Waals surface area contributed by atoms with Crippen molar-refractivity contribution in [3.05, 3.63) is 0 Å². The molecule has 1 rings (SSSR count). The molecule has 2 unspecified atom stereocenters. The van der Waals surface area contributed by atoms with Gasteiger partial charge in [0, 0.05) is 25.2 Å². The van der Waals surface area contributed by atoms with Crippen LogP contribution in [0, 0.1) is 0 Å². The van der Waals surface area contributed by atoms with Crippen molar-refractivity contribution in [1.82, 2.24) is 10.2 Å². The Labute approximate surface area is 66.2 Å². The molecule has 4 heteroatoms. The first-order chi connectivity index (χ1) is 5.09. The number of nitrogens with one attached hydrogen (secondary N) is 1. The van der Waals surface area contributed by atoms with E-state index in [9.17, 15) is 9.90 Å². The number of hydrogen-bond donors (Lipinski definition) is 1. The van der Waals surface area contributed by atoms with Crippen molar-refractivity contribution in [3.8, 4) is 0 Å². The standard InChI is InChI=1S/C7H14N2O2/c1-5-3-9(7(10)11)4-6(2)8-5/h5-6,8H,3-4H2,1-2H3,(H,10,11)/p-1. The Morgan fingerprint density at radius 3 is 2.27 bits per heavy atom. The number of carboxylic acid groups (broad SMARTS) is 1. The zero-order valence-electron chi connectivity index (χ0n) is 6.83. The topological polar surface area (TPSA) is 55.4 Å². The van der Waals surface area contributed by atoms with Crippen LogP contribution in [0.15, 0.2) is 0 Å². The molecule has 1 heterocycles. The monoisotopic (exact) mass is 157 g/mol. The number of rotatable bonds is 0. The molecule has 0 radical (unpaired) electrons. The third-order valence-corrected chi connectivity index (χ3v) is 1.82. The Bertz CT molecular complexity index is 151. The van der Waals surface area contributed by atoms with E-state index in [0.29, 0.717) is 13.1 Å². The lowest BCUT2D eigenvalue weighted by atomic mass is 10.2. The minimum atomic E-state index is -1.06. The SMILES string of the molecule is CC1CN(C(=O)[O-])CC(C)N1. The van der Waals surface area contributed by atoms with Gasteiger partial charge in [0.1, 0.15) is 6.09 Å². The summed E-state index contributed by atoms with van der Waals surface area (Å²) >= 11 is 0. The third kappa shape index (κ3) is 2.08. The molecule has 1 amide bonds. The molecular weight excluding hydrogens is 144 g/mol. The van der Waals surface area contributed by atoms with Crippen LogP contribution < -0.4 is 10.4 Å². The minimum Gasteiger partial charge on any atom is -0.530 e. The fourth-order valence-corrected chi connectivity index (χ4v) is 1.48. The Balaban J connectivity index is 2.49. The van der Waals surface area contributed by atoms with Gasteiger partial charge in [0.15, 0.2) is 0 Å². The quantitative estimate of drug-likeness (QED) is 0.491. The number of nitrogens with zero attached hydrogens (tertiary/aromatic N) is 1. The lowest BCUT2D eigenvalue weighted by molar-refractivity contribution is -0.267. The van der Waals surface area contributed by atoms with E-state index in [1.807, 2.05) is 13.8 Å². The number of amides is 1. The van der Waals surface area contributed by atoms with Crippen LogP contribution in [0.25, 0.3) is 0 Å². The van der Waals surface area contributed by atoms with E-state index < -0.39 is 6.09 Å². The van der Waals surface area contributed by atoms with Crippen LogP contribution in [-0.2, 0) is 0 Å². The molecule has 0 saturated carbocycles. The van der Waals surface area contributed by atoms with Crippen molar-refractivity contribution < 1.29 is 9.90 Å². The van der Waals surface area contributed by atoms with Gasteiger partial charge in [0.2, 0.25) is 0 Å². The number of piperazine rings is 1. The van der Waals surface area contributed by atoms with Crippen molar-refractivity contribution in [3.63, 3.8) is 0 Å². The van der Waals surface area contributed by atoms with Crippen LogP contribution in [-0.4, -0.2) is 36.2 Å². The number of hydrogen-bond acceptors (Lipinski definition) is 3. The lowest BCUT2D eigenvalue weighted by Gasteiger charge is -2.37. The van der Waals surface area contributed by atoms with Gasteiger partial charge in [-0.05, 0) is 13.8 Å². The molecule has 2 atom stereocenters. The minimum absolute atomic E-state index is 0.233. The van der Waals surface area contributed by atoms with Crippen molar-refractivity contribution in [2.45, 2.75) is 25.9 Å². The third-order valence-electron chi connectivity index (χ3n) is 1.82. The molecule has 0 aromatic heterocycles. The fourth-order valence-electron chi connectivity index (χ4n) is 1.48. The fraction of sp³-hybridized carbons (Fsp3) is 0.857. The Kier molecular flexibility index (Phi) is 2.34. The van der Waals surface area contributed by atoms with Gasteiger partial charge in [-0.2, -0.15) is 0 Å². The Hall–Kier alpha value is -0.770. The highest BCUT2D eigenvalue weighted by Gasteiger charge is 2.19. The average molecular weight is 157 g/mol. The zero-order valence-corrected chi connectivity index (χ0v) is 6.83. The van der Waals surface area contributed by atoms with Crippen LogP contribution in [0.1, 0.15) is 13.8 Å². The van der Waals surface area contributed by atoms with Gasteiger partial charge >= 0.3 is 0 Å². The summed E-state index contributed by atoms with van der Waals surface area (Å²) in [5, 5.41) is 13.7. The second-order valence-corrected chi connectivity index (χ2v) is 3.14. The first-order valence-electron chi connectivity index (χ1n) is 3.81. The first-order valence-corrected chi connectivity index (χ1v) is 3.81. The highest BCUT2D eigenvalue weighted by molar-refractivity contribution is 5.62. The largest absolute Gasteiger partial charge is 0.530 e. The van der Waals surface area contributed by atoms with Crippen LogP contribution >= 0.6 is 0 Å². The molecule has 1 fully saturated rings. The maximum atomic E-state index is 10.4. The Morgan fingerprint density at radius 1 is 1.45 bits per heavy atom. The molecular formula is C7H13N2O2-. The van der Waals surface area contributed by atoms with Gasteiger partial charge in [-0.1, -0.05) is 0 Å². The molecule has 4 nitrogen and oxygen atoms in total. The van der Waals surface area contributed by atoms with Crippen molar-refractivity contribution in [1.29, 1.82) is 0 Å². The maximum absolute atomic E-state index is 10.4. The van der Waals surface area contributed by atoms with Gasteiger partial charge in [-0.3, -0.25) is 0 Å². The molecule has 11 heavy (non-hydrogen) atoms. The average Bonchev–Trinajstić information content (AvgIpc) is 1.85. The van der Waals surface area contributed by atoms with Crippen molar-refractivity contribution in [2.24, 2.45) is 0 Å². The second kappa shape index (κ2) is 3.09. The normalized spacial score (nSPS) is 32.0. The predicted octanol–water partition coefficient (Wildman–Crippen LogP) is -0.988. The summed E-state index contributed by atoms with van der Waals surface area (Å²) in [4.78, 5) is 11.8. The number of carbonyl (C=O) groups is 1. The summed E-state index contributed by atoms with van der Waals surface area (Å²) in [5.74, 6) is 0. The Morgan fingerprint density at radius 2 is 1.91 bits per heavy atom. The summed E-state index contributed by atoms with van der Waals surface area (Å²) in [6.07, 6.45) is -1.06. The first kappa shape index (κ1) is 8.33. The summed E-state index contributed by atoms with van der Waals surface area (Å²) in [5.41, 5.74) is 0. The predicted molar refractivity (Wildman–Crippen MR) is 39.0 cm³/mol. The molecule has 0 aromatic rings. The second-order valence-electron chi connectivity index (χ2n) is 3.14. The van der Waals surface area contributed by atoms with Gasteiger partial charge in [0.25, 0.3) is 0 Å². The van der Waals surface area contributed by atoms with Crippen LogP contribution in [0.5, 0.6) is 0 Å². The van der Waals surface area contributed by atoms with Crippen molar-refractivity contribution in [2.75, 3.05) is 13.1 Å². The molecule has 1 N–H and O–H groups in total. The van der Waals surface area contributed by atoms with Gasteiger partial charge in [-0.15, -0.1) is 0 Å². The molecule has 0 bridgehead atoms. The summed E-state index contributed by atoms with van der Waals surface area (Å²) in [7, 11) is 0. The lowest BCUT2D eigenvalue weighted by Crippen LogP contribution is -2.58. The maximum Gasteiger partial charge on any atom is 0.137 e. The smallest absolute Gasteiger partial charge is 0.137 e. The summed E-state index contributed by atoms with van der Waals surface area (Å²) < 4.78 is 0. The van der Waals surface area contributed by atoms with E-state index in [1.165, 1.54) is 4.90 Å². The van der Waals surface area contributed by atoms with Crippen LogP contribution in [0.4, 0.5) is 4.79 Å². The molecule has 1 aliphatic heterocycles. The highest BCUT2D eigenvalue weighted by atomic mass is 16.4. The molecule has 1 saturated heterocycles.